The molecule has 244 valence electrons. The standard InChI is InChI=1S/C31H41AsClN5O6S/c1-6-15-45(40,41)28-18-23(44-14-13-42-4)7-8-26(28)35-30-25(33)19-34-31(36-30)32-24-16-21-9-11-38(20-29(39)37(2)3)12-10-22(21)17-27(24)43-5/h7-8,16-19,32H,6,9-15,20H2,1-5H3,(H,34,35,36). The molecule has 0 bridgehead atoms. The summed E-state index contributed by atoms with van der Waals surface area (Å²) in [6.07, 6.45) is 3.66. The molecular weight excluding hydrogens is 681 g/mol. The zero-order chi connectivity index (χ0) is 32.6. The van der Waals surface area contributed by atoms with E-state index in [4.69, 9.17) is 30.8 Å². The number of methoxy groups -OCH3 is 2. The molecule has 0 saturated heterocycles. The number of carbonyl (C=O) groups is 1. The van der Waals surface area contributed by atoms with Crippen molar-refractivity contribution in [3.05, 3.63) is 52.7 Å². The summed E-state index contributed by atoms with van der Waals surface area (Å²) in [7, 11) is 3.17. The Balaban J connectivity index is 1.58. The molecule has 1 atom stereocenters. The van der Waals surface area contributed by atoms with Crippen LogP contribution in [0.25, 0.3) is 0 Å². The third-order valence-electron chi connectivity index (χ3n) is 7.33. The number of nitrogens with one attached hydrogen (secondary N) is 1. The van der Waals surface area contributed by atoms with Gasteiger partial charge in [0.2, 0.25) is 0 Å². The summed E-state index contributed by atoms with van der Waals surface area (Å²) in [6, 6.07) is 9.16. The van der Waals surface area contributed by atoms with E-state index in [0.717, 1.165) is 36.0 Å². The van der Waals surface area contributed by atoms with E-state index in [1.165, 1.54) is 23.4 Å². The number of fused-ring (bicyclic) bond motifs is 1. The minimum absolute atomic E-state index is 0.0139. The fraction of sp³-hybridized carbons (Fsp3) is 0.452. The van der Waals surface area contributed by atoms with Gasteiger partial charge in [-0.2, -0.15) is 0 Å². The molecule has 1 N–H and O–H groups in total. The van der Waals surface area contributed by atoms with Crippen LogP contribution in [0.4, 0.5) is 11.5 Å². The number of hydrogen-bond acceptors (Lipinski definition) is 10. The van der Waals surface area contributed by atoms with Crippen molar-refractivity contribution in [1.29, 1.82) is 0 Å². The predicted molar refractivity (Wildman–Crippen MR) is 178 cm³/mol. The molecule has 0 spiro atoms. The van der Waals surface area contributed by atoms with Crippen molar-refractivity contribution in [1.82, 2.24) is 19.8 Å². The number of sulfone groups is 1. The van der Waals surface area contributed by atoms with Crippen LogP contribution in [0.1, 0.15) is 24.5 Å². The number of hydrogen-bond donors (Lipinski definition) is 1. The second kappa shape index (κ2) is 16.1. The Kier molecular flexibility index (Phi) is 12.5. The van der Waals surface area contributed by atoms with Gasteiger partial charge in [0, 0.05) is 7.11 Å². The van der Waals surface area contributed by atoms with E-state index in [9.17, 15) is 13.2 Å². The zero-order valence-corrected chi connectivity index (χ0v) is 30.0. The van der Waals surface area contributed by atoms with E-state index in [-0.39, 0.29) is 21.6 Å². The molecule has 14 heteroatoms. The zero-order valence-electron chi connectivity index (χ0n) is 26.4. The third-order valence-corrected chi connectivity index (χ3v) is 11.9. The number of benzene rings is 2. The summed E-state index contributed by atoms with van der Waals surface area (Å²) >= 11 is 5.46. The molecule has 1 unspecified atom stereocenters. The number of halogens is 1. The van der Waals surface area contributed by atoms with Crippen molar-refractivity contribution in [2.75, 3.05) is 72.2 Å². The number of nitrogens with zero attached hydrogens (tertiary/aromatic N) is 4. The normalized spacial score (nSPS) is 13.8. The van der Waals surface area contributed by atoms with Gasteiger partial charge in [0.15, 0.2) is 0 Å². The van der Waals surface area contributed by atoms with E-state index < -0.39 is 25.6 Å². The Hall–Kier alpha value is -2.89. The summed E-state index contributed by atoms with van der Waals surface area (Å²) in [4.78, 5) is 25.5. The quantitative estimate of drug-likeness (QED) is 0.195. The van der Waals surface area contributed by atoms with Crippen molar-refractivity contribution >= 4 is 63.6 Å². The summed E-state index contributed by atoms with van der Waals surface area (Å²) in [6.45, 7) is 4.49. The fourth-order valence-electron chi connectivity index (χ4n) is 4.90. The number of aromatic nitrogens is 2. The molecule has 0 radical (unpaired) electrons. The number of rotatable bonds is 14. The third kappa shape index (κ3) is 9.33. The first-order chi connectivity index (χ1) is 21.5. The average molecular weight is 722 g/mol. The van der Waals surface area contributed by atoms with E-state index in [0.29, 0.717) is 48.0 Å². The van der Waals surface area contributed by atoms with Crippen LogP contribution in [-0.4, -0.2) is 117 Å². The Bertz CT molecular complexity index is 1610. The van der Waals surface area contributed by atoms with E-state index >= 15 is 0 Å². The first-order valence-corrected chi connectivity index (χ1v) is 18.8. The van der Waals surface area contributed by atoms with E-state index in [1.54, 1.807) is 45.3 Å². The molecule has 2 heterocycles. The van der Waals surface area contributed by atoms with Crippen molar-refractivity contribution in [2.45, 2.75) is 31.1 Å². The van der Waals surface area contributed by atoms with Crippen LogP contribution in [0.5, 0.6) is 11.5 Å². The van der Waals surface area contributed by atoms with Crippen LogP contribution >= 0.6 is 11.6 Å². The number of amides is 1. The summed E-state index contributed by atoms with van der Waals surface area (Å²) in [5.74, 6) is 1.62. The van der Waals surface area contributed by atoms with Crippen LogP contribution in [-0.2, 0) is 32.2 Å². The van der Waals surface area contributed by atoms with Gasteiger partial charge in [-0.05, 0) is 0 Å². The van der Waals surface area contributed by atoms with E-state index in [1.807, 2.05) is 6.92 Å². The van der Waals surface area contributed by atoms with Crippen LogP contribution in [0.15, 0.2) is 41.4 Å². The Labute approximate surface area is 277 Å². The maximum atomic E-state index is 13.2. The van der Waals surface area contributed by atoms with Gasteiger partial charge < -0.3 is 0 Å². The van der Waals surface area contributed by atoms with Gasteiger partial charge in [0.25, 0.3) is 0 Å². The molecule has 3 aromatic rings. The van der Waals surface area contributed by atoms with Gasteiger partial charge in [-0.3, -0.25) is 0 Å². The van der Waals surface area contributed by atoms with Crippen LogP contribution in [0, 0.1) is 0 Å². The molecular formula is C31H41AsClN5O6S. The molecule has 2 aromatic carbocycles. The van der Waals surface area contributed by atoms with Gasteiger partial charge in [-0.25, -0.2) is 0 Å². The maximum absolute atomic E-state index is 13.2. The predicted octanol–water partition coefficient (Wildman–Crippen LogP) is 1.97. The molecule has 1 aliphatic heterocycles. The van der Waals surface area contributed by atoms with Gasteiger partial charge in [0.05, 0.1) is 0 Å². The first kappa shape index (κ1) is 35.0. The van der Waals surface area contributed by atoms with Gasteiger partial charge in [0.1, 0.15) is 0 Å². The molecule has 1 aromatic heterocycles. The fourth-order valence-corrected chi connectivity index (χ4v) is 8.81. The van der Waals surface area contributed by atoms with Crippen molar-refractivity contribution < 1.29 is 27.4 Å². The molecule has 1 aliphatic rings. The number of ether oxygens (including phenoxy) is 3. The van der Waals surface area contributed by atoms with Crippen LogP contribution in [0.2, 0.25) is 5.02 Å². The molecule has 4 rings (SSSR count). The first-order valence-electron chi connectivity index (χ1n) is 14.7. The minimum atomic E-state index is -3.62. The van der Waals surface area contributed by atoms with E-state index in [2.05, 4.69) is 27.3 Å². The summed E-state index contributed by atoms with van der Waals surface area (Å²) < 4.78 is 44.6. The SMILES string of the molecule is CCCS(=O)(=O)c1cc(OCCOC)ccc1Nc1nc([AsH]c2cc3c(cc2OC)CCN(CC(=O)N(C)C)CC3)ncc1Cl. The molecule has 11 nitrogen and oxygen atoms in total. The number of carbonyl (C=O) groups excluding carboxylic acids is 1. The van der Waals surface area contributed by atoms with Crippen molar-refractivity contribution in [2.24, 2.45) is 0 Å². The summed E-state index contributed by atoms with van der Waals surface area (Å²) in [5.41, 5.74) is 2.81. The molecule has 45 heavy (non-hydrogen) atoms. The second-order valence-electron chi connectivity index (χ2n) is 10.8. The van der Waals surface area contributed by atoms with Crippen LogP contribution in [0.3, 0.4) is 0 Å². The molecule has 0 saturated carbocycles. The molecule has 0 fully saturated rings. The van der Waals surface area contributed by atoms with Gasteiger partial charge >= 0.3 is 271 Å². The van der Waals surface area contributed by atoms with Crippen molar-refractivity contribution in [3.63, 3.8) is 0 Å². The van der Waals surface area contributed by atoms with Gasteiger partial charge in [-0.1, -0.05) is 0 Å². The number of likely N-dealkylation sites (N-methyl/N-ethyl adjacent to an activating group) is 1. The van der Waals surface area contributed by atoms with Crippen LogP contribution < -0.4 is 23.8 Å². The molecule has 0 aliphatic carbocycles. The average Bonchev–Trinajstić information content (AvgIpc) is 3.20. The Morgan fingerprint density at radius 1 is 1.11 bits per heavy atom. The topological polar surface area (TPSA) is 123 Å². The molecule has 1 amide bonds. The monoisotopic (exact) mass is 721 g/mol. The Morgan fingerprint density at radius 2 is 1.84 bits per heavy atom. The van der Waals surface area contributed by atoms with Gasteiger partial charge in [-0.15, -0.1) is 0 Å². The van der Waals surface area contributed by atoms with Crippen molar-refractivity contribution in [3.8, 4) is 11.5 Å². The second-order valence-corrected chi connectivity index (χ2v) is 15.9. The number of anilines is 2. The Morgan fingerprint density at radius 3 is 2.51 bits per heavy atom. The summed E-state index contributed by atoms with van der Waals surface area (Å²) in [5, 5.41) is 3.42.